The predicted octanol–water partition coefficient (Wildman–Crippen LogP) is -0.323. The van der Waals surface area contributed by atoms with Crippen LogP contribution in [-0.4, -0.2) is 67.0 Å². The van der Waals surface area contributed by atoms with Gasteiger partial charge in [0.1, 0.15) is 0 Å². The highest BCUT2D eigenvalue weighted by atomic mass is 16.5. The van der Waals surface area contributed by atoms with Gasteiger partial charge in [0.15, 0.2) is 6.04 Å². The van der Waals surface area contributed by atoms with E-state index in [1.165, 1.54) is 0 Å². The Hall–Kier alpha value is -1.14. The minimum absolute atomic E-state index is 0.238. The topological polar surface area (TPSA) is 75.9 Å². The van der Waals surface area contributed by atoms with Gasteiger partial charge in [0.2, 0.25) is 0 Å². The normalized spacial score (nSPS) is 18.5. The molecule has 19 heavy (non-hydrogen) atoms. The monoisotopic (exact) mass is 271 g/mol. The first-order valence-corrected chi connectivity index (χ1v) is 6.89. The second-order valence-corrected chi connectivity index (χ2v) is 5.25. The highest BCUT2D eigenvalue weighted by Gasteiger charge is 2.30. The number of hydrogen-bond acceptors (Lipinski definition) is 5. The molecule has 1 aliphatic rings. The van der Waals surface area contributed by atoms with Gasteiger partial charge in [-0.1, -0.05) is 13.8 Å². The molecule has 1 unspecified atom stereocenters. The van der Waals surface area contributed by atoms with Gasteiger partial charge >= 0.3 is 5.97 Å². The number of rotatable bonds is 5. The average molecular weight is 271 g/mol. The van der Waals surface area contributed by atoms with Crippen LogP contribution in [0.3, 0.4) is 0 Å². The third kappa shape index (κ3) is 4.80. The summed E-state index contributed by atoms with van der Waals surface area (Å²) in [6, 6.07) is -1.18. The molecule has 0 spiro atoms. The average Bonchev–Trinajstić information content (AvgIpc) is 2.37. The Labute approximate surface area is 114 Å². The van der Waals surface area contributed by atoms with Crippen LogP contribution < -0.4 is 5.73 Å². The largest absolute Gasteiger partial charge is 0.464 e. The van der Waals surface area contributed by atoms with E-state index in [-0.39, 0.29) is 12.5 Å². The van der Waals surface area contributed by atoms with Crippen molar-refractivity contribution in [1.82, 2.24) is 9.80 Å². The number of nitrogens with two attached hydrogens (primary N) is 1. The van der Waals surface area contributed by atoms with Crippen molar-refractivity contribution in [2.75, 3.05) is 39.3 Å². The number of hydrogen-bond donors (Lipinski definition) is 1. The Morgan fingerprint density at radius 1 is 1.21 bits per heavy atom. The summed E-state index contributed by atoms with van der Waals surface area (Å²) in [6.45, 7) is 10.2. The van der Waals surface area contributed by atoms with E-state index in [1.54, 1.807) is 11.8 Å². The number of ether oxygens (including phenoxy) is 1. The summed E-state index contributed by atoms with van der Waals surface area (Å²) in [4.78, 5) is 27.4. The number of amides is 1. The number of carbonyl (C=O) groups is 2. The van der Waals surface area contributed by atoms with E-state index in [9.17, 15) is 9.59 Å². The molecule has 1 saturated heterocycles. The standard InChI is InChI=1S/C13H25N3O3/c1-4-19-13(18)11(14)12(17)16-7-5-15(6-8-16)9-10(2)3/h10-11H,4-9,14H2,1-3H3. The molecule has 1 aliphatic heterocycles. The maximum atomic E-state index is 12.0. The zero-order valence-electron chi connectivity index (χ0n) is 12.1. The Balaban J connectivity index is 2.42. The van der Waals surface area contributed by atoms with Gasteiger partial charge in [-0.15, -0.1) is 0 Å². The van der Waals surface area contributed by atoms with Gasteiger partial charge in [-0.25, -0.2) is 4.79 Å². The van der Waals surface area contributed by atoms with E-state index in [4.69, 9.17) is 10.5 Å². The molecule has 0 aromatic rings. The van der Waals surface area contributed by atoms with E-state index in [0.717, 1.165) is 19.6 Å². The van der Waals surface area contributed by atoms with Crippen LogP contribution in [0.5, 0.6) is 0 Å². The van der Waals surface area contributed by atoms with Crippen LogP contribution in [0.15, 0.2) is 0 Å². The van der Waals surface area contributed by atoms with Crippen molar-refractivity contribution < 1.29 is 14.3 Å². The Morgan fingerprint density at radius 2 is 1.79 bits per heavy atom. The van der Waals surface area contributed by atoms with Gasteiger partial charge in [-0.05, 0) is 12.8 Å². The smallest absolute Gasteiger partial charge is 0.332 e. The van der Waals surface area contributed by atoms with E-state index in [1.807, 2.05) is 0 Å². The van der Waals surface area contributed by atoms with E-state index >= 15 is 0 Å². The molecule has 1 heterocycles. The summed E-state index contributed by atoms with van der Waals surface area (Å²) in [5, 5.41) is 0. The second-order valence-electron chi connectivity index (χ2n) is 5.25. The quantitative estimate of drug-likeness (QED) is 0.548. The first kappa shape index (κ1) is 15.9. The molecule has 0 aliphatic carbocycles. The molecular weight excluding hydrogens is 246 g/mol. The van der Waals surface area contributed by atoms with Gasteiger partial charge < -0.3 is 15.4 Å². The fraction of sp³-hybridized carbons (Fsp3) is 0.846. The van der Waals surface area contributed by atoms with Crippen LogP contribution >= 0.6 is 0 Å². The second kappa shape index (κ2) is 7.45. The third-order valence-electron chi connectivity index (χ3n) is 3.11. The lowest BCUT2D eigenvalue weighted by Gasteiger charge is -2.36. The Morgan fingerprint density at radius 3 is 2.26 bits per heavy atom. The van der Waals surface area contributed by atoms with Crippen LogP contribution in [0.4, 0.5) is 0 Å². The number of esters is 1. The van der Waals surface area contributed by atoms with Gasteiger partial charge in [-0.3, -0.25) is 9.69 Å². The number of carbonyl (C=O) groups excluding carboxylic acids is 2. The van der Waals surface area contributed by atoms with Crippen molar-refractivity contribution in [3.05, 3.63) is 0 Å². The molecule has 1 rings (SSSR count). The zero-order chi connectivity index (χ0) is 14.4. The van der Waals surface area contributed by atoms with Crippen LogP contribution in [0.25, 0.3) is 0 Å². The molecule has 6 nitrogen and oxygen atoms in total. The van der Waals surface area contributed by atoms with E-state index in [2.05, 4.69) is 18.7 Å². The SMILES string of the molecule is CCOC(=O)C(N)C(=O)N1CCN(CC(C)C)CC1. The van der Waals surface area contributed by atoms with Crippen molar-refractivity contribution in [1.29, 1.82) is 0 Å². The lowest BCUT2D eigenvalue weighted by Crippen LogP contribution is -2.55. The fourth-order valence-electron chi connectivity index (χ4n) is 2.20. The van der Waals surface area contributed by atoms with Crippen molar-refractivity contribution >= 4 is 11.9 Å². The maximum Gasteiger partial charge on any atom is 0.332 e. The number of nitrogens with zero attached hydrogens (tertiary/aromatic N) is 2. The lowest BCUT2D eigenvalue weighted by molar-refractivity contribution is -0.151. The van der Waals surface area contributed by atoms with Gasteiger partial charge in [0, 0.05) is 32.7 Å². The molecule has 6 heteroatoms. The fourth-order valence-corrected chi connectivity index (χ4v) is 2.20. The highest BCUT2D eigenvalue weighted by Crippen LogP contribution is 2.06. The molecule has 0 saturated carbocycles. The third-order valence-corrected chi connectivity index (χ3v) is 3.11. The first-order chi connectivity index (χ1) is 8.95. The minimum Gasteiger partial charge on any atom is -0.464 e. The molecule has 0 radical (unpaired) electrons. The summed E-state index contributed by atoms with van der Waals surface area (Å²) in [5.41, 5.74) is 5.61. The molecule has 1 fully saturated rings. The van der Waals surface area contributed by atoms with Gasteiger partial charge in [-0.2, -0.15) is 0 Å². The van der Waals surface area contributed by atoms with Gasteiger partial charge in [0.05, 0.1) is 6.61 Å². The van der Waals surface area contributed by atoms with Crippen molar-refractivity contribution in [3.8, 4) is 0 Å². The Bertz CT molecular complexity index is 312. The van der Waals surface area contributed by atoms with E-state index < -0.39 is 12.0 Å². The van der Waals surface area contributed by atoms with Crippen molar-refractivity contribution in [3.63, 3.8) is 0 Å². The molecule has 0 aromatic carbocycles. The number of piperazine rings is 1. The van der Waals surface area contributed by atoms with Crippen LogP contribution in [-0.2, 0) is 14.3 Å². The summed E-state index contributed by atoms with van der Waals surface area (Å²) in [7, 11) is 0. The van der Waals surface area contributed by atoms with Crippen molar-refractivity contribution in [2.24, 2.45) is 11.7 Å². The molecule has 2 N–H and O–H groups in total. The predicted molar refractivity (Wildman–Crippen MR) is 72.5 cm³/mol. The molecular formula is C13H25N3O3. The van der Waals surface area contributed by atoms with Crippen molar-refractivity contribution in [2.45, 2.75) is 26.8 Å². The molecule has 0 aromatic heterocycles. The van der Waals surface area contributed by atoms with Crippen LogP contribution in [0, 0.1) is 5.92 Å². The lowest BCUT2D eigenvalue weighted by atomic mass is 10.2. The van der Waals surface area contributed by atoms with Crippen LogP contribution in [0.1, 0.15) is 20.8 Å². The zero-order valence-corrected chi connectivity index (χ0v) is 12.1. The molecule has 0 bridgehead atoms. The molecule has 1 amide bonds. The summed E-state index contributed by atoms with van der Waals surface area (Å²) >= 11 is 0. The molecule has 110 valence electrons. The molecule has 1 atom stereocenters. The Kier molecular flexibility index (Phi) is 6.24. The summed E-state index contributed by atoms with van der Waals surface area (Å²) < 4.78 is 4.77. The van der Waals surface area contributed by atoms with Gasteiger partial charge in [0.25, 0.3) is 5.91 Å². The maximum absolute atomic E-state index is 12.0. The first-order valence-electron chi connectivity index (χ1n) is 6.89. The summed E-state index contributed by atoms with van der Waals surface area (Å²) in [5.74, 6) is -0.358. The van der Waals surface area contributed by atoms with E-state index in [0.29, 0.717) is 19.0 Å². The van der Waals surface area contributed by atoms with Crippen LogP contribution in [0.2, 0.25) is 0 Å². The minimum atomic E-state index is -1.18. The summed E-state index contributed by atoms with van der Waals surface area (Å²) in [6.07, 6.45) is 0. The highest BCUT2D eigenvalue weighted by molar-refractivity contribution is 6.01.